The highest BCUT2D eigenvalue weighted by molar-refractivity contribution is 6.09. The lowest BCUT2D eigenvalue weighted by atomic mass is 9.89. The Morgan fingerprint density at radius 3 is 2.41 bits per heavy atom. The van der Waals surface area contributed by atoms with Gasteiger partial charge in [0.25, 0.3) is 0 Å². The quantitative estimate of drug-likeness (QED) is 0.682. The number of rotatable bonds is 1. The summed E-state index contributed by atoms with van der Waals surface area (Å²) in [7, 11) is 0. The molecule has 4 rings (SSSR count). The Bertz CT molecular complexity index is 893. The first-order valence-corrected chi connectivity index (χ1v) is 7.52. The van der Waals surface area contributed by atoms with Crippen LogP contribution in [0.2, 0.25) is 0 Å². The molecule has 3 aromatic carbocycles. The van der Waals surface area contributed by atoms with Gasteiger partial charge in [0.2, 0.25) is 0 Å². The molecule has 1 aliphatic heterocycles. The third-order valence-electron chi connectivity index (χ3n) is 4.10. The molecule has 1 unspecified atom stereocenters. The van der Waals surface area contributed by atoms with Gasteiger partial charge in [-0.25, -0.2) is 0 Å². The summed E-state index contributed by atoms with van der Waals surface area (Å²) in [6, 6.07) is 21.0. The fourth-order valence-electron chi connectivity index (χ4n) is 3.16. The highest BCUT2D eigenvalue weighted by atomic mass is 16.3. The van der Waals surface area contributed by atoms with Crippen molar-refractivity contribution in [3.05, 3.63) is 72.3 Å². The first kappa shape index (κ1) is 13.1. The molecule has 2 N–H and O–H groups in total. The zero-order valence-corrected chi connectivity index (χ0v) is 12.4. The van der Waals surface area contributed by atoms with Gasteiger partial charge in [0, 0.05) is 22.2 Å². The van der Waals surface area contributed by atoms with E-state index in [1.165, 1.54) is 21.9 Å². The maximum absolute atomic E-state index is 9.78. The molecule has 3 aromatic rings. The van der Waals surface area contributed by atoms with E-state index in [9.17, 15) is 5.11 Å². The largest absolute Gasteiger partial charge is 0.389 e. The third-order valence-corrected chi connectivity index (χ3v) is 4.10. The van der Waals surface area contributed by atoms with E-state index >= 15 is 0 Å². The Balaban J connectivity index is 2.05. The van der Waals surface area contributed by atoms with Crippen molar-refractivity contribution in [1.29, 1.82) is 0 Å². The maximum atomic E-state index is 9.78. The molecular formula is C20H17NO. The van der Waals surface area contributed by atoms with Crippen molar-refractivity contribution in [2.45, 2.75) is 13.0 Å². The minimum absolute atomic E-state index is 0.493. The average molecular weight is 287 g/mol. The normalized spacial score (nSPS) is 16.0. The molecule has 0 fully saturated rings. The topological polar surface area (TPSA) is 32.3 Å². The van der Waals surface area contributed by atoms with Gasteiger partial charge in [0.15, 0.2) is 0 Å². The maximum Gasteiger partial charge on any atom is 0.0715 e. The molecule has 2 nitrogen and oxygen atoms in total. The van der Waals surface area contributed by atoms with Crippen LogP contribution in [0.1, 0.15) is 12.5 Å². The van der Waals surface area contributed by atoms with E-state index in [0.717, 1.165) is 16.9 Å². The minimum atomic E-state index is -0.493. The van der Waals surface area contributed by atoms with Gasteiger partial charge < -0.3 is 10.4 Å². The predicted octanol–water partition coefficient (Wildman–Crippen LogP) is 4.65. The molecule has 1 atom stereocenters. The summed E-state index contributed by atoms with van der Waals surface area (Å²) in [5, 5.41) is 15.7. The van der Waals surface area contributed by atoms with Gasteiger partial charge >= 0.3 is 0 Å². The monoisotopic (exact) mass is 287 g/mol. The Kier molecular flexibility index (Phi) is 2.98. The van der Waals surface area contributed by atoms with Crippen molar-refractivity contribution in [2.75, 3.05) is 5.32 Å². The minimum Gasteiger partial charge on any atom is -0.389 e. The molecule has 0 bridgehead atoms. The molecule has 22 heavy (non-hydrogen) atoms. The SMILES string of the molecule is CC(O)C=C1Nc2c(ccc3ccccc23)-c2ccccc21. The van der Waals surface area contributed by atoms with Crippen LogP contribution >= 0.6 is 0 Å². The fourth-order valence-corrected chi connectivity index (χ4v) is 3.16. The average Bonchev–Trinajstić information content (AvgIpc) is 2.54. The van der Waals surface area contributed by atoms with Crippen molar-refractivity contribution < 1.29 is 5.11 Å². The molecule has 0 aromatic heterocycles. The lowest BCUT2D eigenvalue weighted by Gasteiger charge is -2.26. The first-order chi connectivity index (χ1) is 10.7. The Hall–Kier alpha value is -2.58. The molecule has 2 heteroatoms. The molecule has 0 saturated carbocycles. The number of benzene rings is 3. The number of aliphatic hydroxyl groups excluding tert-OH is 1. The molecule has 0 saturated heterocycles. The molecule has 0 spiro atoms. The van der Waals surface area contributed by atoms with Crippen molar-refractivity contribution in [2.24, 2.45) is 0 Å². The lowest BCUT2D eigenvalue weighted by molar-refractivity contribution is 0.244. The molecule has 1 aliphatic rings. The zero-order valence-electron chi connectivity index (χ0n) is 12.4. The summed E-state index contributed by atoms with van der Waals surface area (Å²) < 4.78 is 0. The van der Waals surface area contributed by atoms with Crippen molar-refractivity contribution in [3.63, 3.8) is 0 Å². The standard InChI is InChI=1S/C20H17NO/c1-13(22)12-19-17-9-5-4-8-16(17)18-11-10-14-6-2-3-7-15(14)20(18)21-19/h2-13,21-22H,1H3. The highest BCUT2D eigenvalue weighted by Gasteiger charge is 2.20. The van der Waals surface area contributed by atoms with Crippen LogP contribution in [0.3, 0.4) is 0 Å². The first-order valence-electron chi connectivity index (χ1n) is 7.52. The zero-order chi connectivity index (χ0) is 15.1. The van der Waals surface area contributed by atoms with Crippen LogP contribution in [0.25, 0.3) is 27.6 Å². The second-order valence-corrected chi connectivity index (χ2v) is 5.70. The van der Waals surface area contributed by atoms with Crippen LogP contribution < -0.4 is 5.32 Å². The number of hydrogen-bond acceptors (Lipinski definition) is 2. The van der Waals surface area contributed by atoms with E-state index in [0.29, 0.717) is 0 Å². The summed E-state index contributed by atoms with van der Waals surface area (Å²) in [4.78, 5) is 0. The number of fused-ring (bicyclic) bond motifs is 5. The van der Waals surface area contributed by atoms with Gasteiger partial charge in [0.05, 0.1) is 11.8 Å². The Morgan fingerprint density at radius 2 is 1.59 bits per heavy atom. The number of hydrogen-bond donors (Lipinski definition) is 2. The Morgan fingerprint density at radius 1 is 0.864 bits per heavy atom. The summed E-state index contributed by atoms with van der Waals surface area (Å²) in [6.07, 6.45) is 1.37. The van der Waals surface area contributed by atoms with Crippen LogP contribution in [0, 0.1) is 0 Å². The summed E-state index contributed by atoms with van der Waals surface area (Å²) >= 11 is 0. The molecule has 0 radical (unpaired) electrons. The van der Waals surface area contributed by atoms with Crippen LogP contribution in [0.5, 0.6) is 0 Å². The van der Waals surface area contributed by atoms with E-state index in [4.69, 9.17) is 0 Å². The second-order valence-electron chi connectivity index (χ2n) is 5.70. The van der Waals surface area contributed by atoms with E-state index in [2.05, 4.69) is 59.9 Å². The van der Waals surface area contributed by atoms with Crippen LogP contribution in [0.15, 0.2) is 66.7 Å². The number of anilines is 1. The van der Waals surface area contributed by atoms with E-state index < -0.39 is 6.10 Å². The summed E-state index contributed by atoms with van der Waals surface area (Å²) in [6.45, 7) is 1.77. The summed E-state index contributed by atoms with van der Waals surface area (Å²) in [5.41, 5.74) is 5.62. The molecule has 1 heterocycles. The molecular weight excluding hydrogens is 270 g/mol. The van der Waals surface area contributed by atoms with Crippen LogP contribution in [0.4, 0.5) is 5.69 Å². The van der Waals surface area contributed by atoms with Gasteiger partial charge in [-0.2, -0.15) is 0 Å². The smallest absolute Gasteiger partial charge is 0.0715 e. The number of aliphatic hydroxyl groups is 1. The van der Waals surface area contributed by atoms with Gasteiger partial charge in [0.1, 0.15) is 0 Å². The van der Waals surface area contributed by atoms with E-state index in [1.54, 1.807) is 6.92 Å². The van der Waals surface area contributed by atoms with Gasteiger partial charge in [-0.3, -0.25) is 0 Å². The van der Waals surface area contributed by atoms with Gasteiger partial charge in [-0.15, -0.1) is 0 Å². The van der Waals surface area contributed by atoms with Crippen molar-refractivity contribution in [3.8, 4) is 11.1 Å². The molecule has 0 aliphatic carbocycles. The van der Waals surface area contributed by atoms with Crippen LogP contribution in [-0.4, -0.2) is 11.2 Å². The summed E-state index contributed by atoms with van der Waals surface area (Å²) in [5.74, 6) is 0. The van der Waals surface area contributed by atoms with Crippen LogP contribution in [-0.2, 0) is 0 Å². The molecule has 0 amide bonds. The van der Waals surface area contributed by atoms with Crippen molar-refractivity contribution >= 4 is 22.2 Å². The fraction of sp³-hybridized carbons (Fsp3) is 0.100. The number of nitrogens with one attached hydrogen (secondary N) is 1. The van der Waals surface area contributed by atoms with E-state index in [1.807, 2.05) is 12.1 Å². The third kappa shape index (κ3) is 2.00. The Labute approximate surface area is 129 Å². The van der Waals surface area contributed by atoms with Crippen molar-refractivity contribution in [1.82, 2.24) is 0 Å². The van der Waals surface area contributed by atoms with Gasteiger partial charge in [-0.1, -0.05) is 60.7 Å². The lowest BCUT2D eigenvalue weighted by Crippen LogP contribution is -2.10. The van der Waals surface area contributed by atoms with Gasteiger partial charge in [-0.05, 0) is 23.9 Å². The second kappa shape index (κ2) is 5.00. The predicted molar refractivity (Wildman–Crippen MR) is 92.7 cm³/mol. The molecule has 108 valence electrons. The highest BCUT2D eigenvalue weighted by Crippen LogP contribution is 2.43. The van der Waals surface area contributed by atoms with E-state index in [-0.39, 0.29) is 0 Å².